The molecule has 3 heterocycles. The number of nitrogens with zero attached hydrogens (tertiary/aromatic N) is 8. The first-order chi connectivity index (χ1) is 15.8. The second-order valence-electron chi connectivity index (χ2n) is 7.25. The standard InChI is InChI=1S/C22H21N9O/c1-3-12-23-20(18-13-16-6-4-5-7-19(16)31-21(18)24-27-29-31)22-25-26-28-30(22)14-15-8-10-17(32-2)11-9-15/h3-11,13,20,23H,1,12,14H2,2H3. The van der Waals surface area contributed by atoms with Gasteiger partial charge in [0, 0.05) is 17.5 Å². The van der Waals surface area contributed by atoms with Crippen LogP contribution in [0.3, 0.4) is 0 Å². The van der Waals surface area contributed by atoms with Gasteiger partial charge < -0.3 is 4.74 Å². The van der Waals surface area contributed by atoms with E-state index in [1.807, 2.05) is 48.5 Å². The van der Waals surface area contributed by atoms with Crippen LogP contribution < -0.4 is 10.1 Å². The third-order valence-corrected chi connectivity index (χ3v) is 5.29. The van der Waals surface area contributed by atoms with Gasteiger partial charge in [-0.25, -0.2) is 4.68 Å². The Labute approximate surface area is 183 Å². The molecule has 0 amide bonds. The minimum Gasteiger partial charge on any atom is -0.497 e. The lowest BCUT2D eigenvalue weighted by molar-refractivity contribution is 0.414. The quantitative estimate of drug-likeness (QED) is 0.376. The topological polar surface area (TPSA) is 108 Å². The number of hydrogen-bond donors (Lipinski definition) is 1. The molecule has 0 aliphatic heterocycles. The third kappa shape index (κ3) is 3.56. The molecule has 5 aromatic rings. The Kier molecular flexibility index (Phi) is 5.26. The number of fused-ring (bicyclic) bond motifs is 3. The largest absolute Gasteiger partial charge is 0.497 e. The van der Waals surface area contributed by atoms with Crippen LogP contribution >= 0.6 is 0 Å². The summed E-state index contributed by atoms with van der Waals surface area (Å²) in [5.41, 5.74) is 3.50. The van der Waals surface area contributed by atoms with Crippen molar-refractivity contribution in [2.45, 2.75) is 12.6 Å². The fourth-order valence-electron chi connectivity index (χ4n) is 3.75. The van der Waals surface area contributed by atoms with Crippen LogP contribution in [0.15, 0.2) is 67.3 Å². The van der Waals surface area contributed by atoms with Gasteiger partial charge in [0.1, 0.15) is 5.75 Å². The van der Waals surface area contributed by atoms with Gasteiger partial charge in [-0.1, -0.05) is 36.4 Å². The van der Waals surface area contributed by atoms with Crippen LogP contribution in [-0.2, 0) is 6.54 Å². The first-order valence-corrected chi connectivity index (χ1v) is 10.1. The van der Waals surface area contributed by atoms with Gasteiger partial charge in [0.15, 0.2) is 11.5 Å². The molecule has 0 aliphatic carbocycles. The van der Waals surface area contributed by atoms with Gasteiger partial charge in [-0.05, 0) is 50.7 Å². The summed E-state index contributed by atoms with van der Waals surface area (Å²) in [6, 6.07) is 17.5. The third-order valence-electron chi connectivity index (χ3n) is 5.29. The number of para-hydroxylation sites is 1. The molecule has 0 aliphatic rings. The highest BCUT2D eigenvalue weighted by atomic mass is 16.5. The van der Waals surface area contributed by atoms with Crippen LogP contribution in [0.25, 0.3) is 16.6 Å². The van der Waals surface area contributed by atoms with Crippen LogP contribution in [0.4, 0.5) is 0 Å². The molecule has 1 atom stereocenters. The number of nitrogens with one attached hydrogen (secondary N) is 1. The molecule has 160 valence electrons. The Morgan fingerprint density at radius 2 is 1.88 bits per heavy atom. The second kappa shape index (κ2) is 8.52. The van der Waals surface area contributed by atoms with Crippen molar-refractivity contribution in [3.8, 4) is 5.75 Å². The van der Waals surface area contributed by atoms with Crippen LogP contribution in [0.5, 0.6) is 5.75 Å². The number of ether oxygens (including phenoxy) is 1. The maximum absolute atomic E-state index is 5.25. The van der Waals surface area contributed by atoms with Crippen molar-refractivity contribution in [1.82, 2.24) is 45.6 Å². The summed E-state index contributed by atoms with van der Waals surface area (Å²) < 4.78 is 8.77. The molecule has 10 heteroatoms. The zero-order chi connectivity index (χ0) is 21.9. The number of benzene rings is 2. The summed E-state index contributed by atoms with van der Waals surface area (Å²) in [4.78, 5) is 0. The second-order valence-corrected chi connectivity index (χ2v) is 7.25. The van der Waals surface area contributed by atoms with Gasteiger partial charge in [-0.15, -0.1) is 16.8 Å². The van der Waals surface area contributed by atoms with Crippen LogP contribution in [-0.4, -0.2) is 53.9 Å². The van der Waals surface area contributed by atoms with Gasteiger partial charge >= 0.3 is 0 Å². The first-order valence-electron chi connectivity index (χ1n) is 10.1. The molecule has 0 saturated carbocycles. The Bertz CT molecular complexity index is 1370. The average Bonchev–Trinajstić information content (AvgIpc) is 3.50. The van der Waals surface area contributed by atoms with Gasteiger partial charge in [0.05, 0.1) is 25.2 Å². The van der Waals surface area contributed by atoms with Crippen molar-refractivity contribution >= 4 is 16.6 Å². The number of hydrogen-bond acceptors (Lipinski definition) is 8. The number of pyridine rings is 1. The van der Waals surface area contributed by atoms with E-state index in [1.165, 1.54) is 0 Å². The highest BCUT2D eigenvalue weighted by Gasteiger charge is 2.25. The first kappa shape index (κ1) is 19.8. The van der Waals surface area contributed by atoms with Gasteiger partial charge in [-0.2, -0.15) is 4.52 Å². The molecule has 2 aromatic carbocycles. The predicted octanol–water partition coefficient (Wildman–Crippen LogP) is 2.19. The van der Waals surface area contributed by atoms with E-state index in [-0.39, 0.29) is 6.04 Å². The number of methoxy groups -OCH3 is 1. The fraction of sp³-hybridized carbons (Fsp3) is 0.182. The predicted molar refractivity (Wildman–Crippen MR) is 118 cm³/mol. The summed E-state index contributed by atoms with van der Waals surface area (Å²) >= 11 is 0. The van der Waals surface area contributed by atoms with Gasteiger partial charge in [0.2, 0.25) is 0 Å². The van der Waals surface area contributed by atoms with E-state index in [0.29, 0.717) is 24.6 Å². The number of tetrazole rings is 2. The van der Waals surface area contributed by atoms with E-state index in [1.54, 1.807) is 22.4 Å². The van der Waals surface area contributed by atoms with Gasteiger partial charge in [-0.3, -0.25) is 5.32 Å². The summed E-state index contributed by atoms with van der Waals surface area (Å²) in [5.74, 6) is 1.46. The molecule has 0 bridgehead atoms. The van der Waals surface area contributed by atoms with Crippen molar-refractivity contribution in [1.29, 1.82) is 0 Å². The molecule has 0 spiro atoms. The summed E-state index contributed by atoms with van der Waals surface area (Å²) in [7, 11) is 1.65. The van der Waals surface area contributed by atoms with Gasteiger partial charge in [0.25, 0.3) is 0 Å². The van der Waals surface area contributed by atoms with Crippen molar-refractivity contribution in [3.05, 3.63) is 84.2 Å². The van der Waals surface area contributed by atoms with E-state index in [0.717, 1.165) is 27.8 Å². The monoisotopic (exact) mass is 427 g/mol. The Balaban J connectivity index is 1.60. The molecule has 1 unspecified atom stereocenters. The normalized spacial score (nSPS) is 12.3. The molecule has 5 rings (SSSR count). The van der Waals surface area contributed by atoms with Crippen LogP contribution in [0.1, 0.15) is 23.0 Å². The average molecular weight is 427 g/mol. The zero-order valence-electron chi connectivity index (χ0n) is 17.5. The van der Waals surface area contributed by atoms with E-state index >= 15 is 0 Å². The molecule has 0 radical (unpaired) electrons. The van der Waals surface area contributed by atoms with E-state index in [2.05, 4.69) is 49.0 Å². The maximum Gasteiger partial charge on any atom is 0.185 e. The summed E-state index contributed by atoms with van der Waals surface area (Å²) in [6.07, 6.45) is 1.80. The van der Waals surface area contributed by atoms with Crippen LogP contribution in [0.2, 0.25) is 0 Å². The summed E-state index contributed by atoms with van der Waals surface area (Å²) in [5, 5.41) is 29.4. The van der Waals surface area contributed by atoms with E-state index in [9.17, 15) is 0 Å². The molecule has 10 nitrogen and oxygen atoms in total. The molecule has 3 aromatic heterocycles. The smallest absolute Gasteiger partial charge is 0.185 e. The van der Waals surface area contributed by atoms with Crippen molar-refractivity contribution in [2.24, 2.45) is 0 Å². The molecule has 32 heavy (non-hydrogen) atoms. The van der Waals surface area contributed by atoms with Crippen LogP contribution in [0, 0.1) is 0 Å². The molecule has 0 saturated heterocycles. The molecular formula is C22H21N9O. The Morgan fingerprint density at radius 3 is 2.69 bits per heavy atom. The molecule has 0 fully saturated rings. The molecular weight excluding hydrogens is 406 g/mol. The molecule has 1 N–H and O–H groups in total. The van der Waals surface area contributed by atoms with E-state index in [4.69, 9.17) is 4.74 Å². The zero-order valence-corrected chi connectivity index (χ0v) is 17.5. The highest BCUT2D eigenvalue weighted by Crippen LogP contribution is 2.27. The van der Waals surface area contributed by atoms with Crippen molar-refractivity contribution < 1.29 is 4.74 Å². The lowest BCUT2D eigenvalue weighted by Gasteiger charge is -2.19. The fourth-order valence-corrected chi connectivity index (χ4v) is 3.75. The maximum atomic E-state index is 5.25. The summed E-state index contributed by atoms with van der Waals surface area (Å²) in [6.45, 7) is 4.90. The van der Waals surface area contributed by atoms with Crippen molar-refractivity contribution in [2.75, 3.05) is 13.7 Å². The van der Waals surface area contributed by atoms with E-state index < -0.39 is 0 Å². The number of rotatable bonds is 8. The Hall–Kier alpha value is -4.18. The Morgan fingerprint density at radius 1 is 1.06 bits per heavy atom. The van der Waals surface area contributed by atoms with Crippen molar-refractivity contribution in [3.63, 3.8) is 0 Å². The SMILES string of the molecule is C=CCNC(c1cc2ccccc2n2nnnc12)c1nnnn1Cc1ccc(OC)cc1. The highest BCUT2D eigenvalue weighted by molar-refractivity contribution is 5.83. The minimum atomic E-state index is -0.348. The lowest BCUT2D eigenvalue weighted by Crippen LogP contribution is -2.27. The minimum absolute atomic E-state index is 0.348. The lowest BCUT2D eigenvalue weighted by atomic mass is 10.0. The number of aromatic nitrogens is 8.